The molecule has 0 aliphatic carbocycles. The Bertz CT molecular complexity index is 1060. The molecule has 0 unspecified atom stereocenters. The summed E-state index contributed by atoms with van der Waals surface area (Å²) < 4.78 is 10.1. The number of rotatable bonds is 8. The largest absolute Gasteiger partial charge is 0.423 e. The Hall–Kier alpha value is -4.60. The number of nitrogens with zero attached hydrogens (tertiary/aromatic N) is 2. The second-order valence-electron chi connectivity index (χ2n) is 7.28. The fourth-order valence-electron chi connectivity index (χ4n) is 2.44. The standard InChI is InChI=1S/C24H22N2O8/c1-25(2)23(31)21(29)15-5-9-17(10-6-15)33-19(27)13-14-20(28)34-18-11-7-16(8-12-18)22(30)24(32)26(3)4/h5-14H,1-4H3/b14-13+. The number of carbonyl (C=O) groups excluding carboxylic acids is 6. The molecule has 0 fully saturated rings. The van der Waals surface area contributed by atoms with E-state index in [0.717, 1.165) is 22.0 Å². The number of ether oxygens (including phenoxy) is 2. The van der Waals surface area contributed by atoms with Gasteiger partial charge in [-0.1, -0.05) is 0 Å². The van der Waals surface area contributed by atoms with E-state index in [0.29, 0.717) is 0 Å². The monoisotopic (exact) mass is 466 g/mol. The number of hydrogen-bond acceptors (Lipinski definition) is 8. The molecule has 2 amide bonds. The van der Waals surface area contributed by atoms with Crippen LogP contribution in [0.3, 0.4) is 0 Å². The first-order valence-electron chi connectivity index (χ1n) is 9.83. The molecule has 0 heterocycles. The summed E-state index contributed by atoms with van der Waals surface area (Å²) in [6, 6.07) is 10.7. The molecule has 0 saturated carbocycles. The third kappa shape index (κ3) is 6.95. The first kappa shape index (κ1) is 25.7. The number of carbonyl (C=O) groups is 6. The third-order valence-electron chi connectivity index (χ3n) is 4.23. The van der Waals surface area contributed by atoms with Crippen LogP contribution in [0.4, 0.5) is 0 Å². The van der Waals surface area contributed by atoms with Crippen molar-refractivity contribution in [2.45, 2.75) is 0 Å². The van der Waals surface area contributed by atoms with Crippen LogP contribution >= 0.6 is 0 Å². The van der Waals surface area contributed by atoms with Gasteiger partial charge in [-0.25, -0.2) is 9.59 Å². The van der Waals surface area contributed by atoms with E-state index < -0.39 is 35.3 Å². The molecule has 0 saturated heterocycles. The van der Waals surface area contributed by atoms with Gasteiger partial charge < -0.3 is 19.3 Å². The lowest BCUT2D eigenvalue weighted by Gasteiger charge is -2.09. The summed E-state index contributed by atoms with van der Waals surface area (Å²) in [4.78, 5) is 73.4. The molecule has 0 aromatic heterocycles. The second kappa shape index (κ2) is 11.3. The van der Waals surface area contributed by atoms with E-state index in [1.807, 2.05) is 0 Å². The minimum atomic E-state index is -0.872. The molecule has 176 valence electrons. The van der Waals surface area contributed by atoms with Crippen LogP contribution in [0.1, 0.15) is 20.7 Å². The molecule has 2 aromatic carbocycles. The van der Waals surface area contributed by atoms with Gasteiger partial charge in [0.25, 0.3) is 11.8 Å². The van der Waals surface area contributed by atoms with Gasteiger partial charge in [-0.05, 0) is 48.5 Å². The van der Waals surface area contributed by atoms with Gasteiger partial charge in [0.05, 0.1) is 0 Å². The molecule has 0 radical (unpaired) electrons. The van der Waals surface area contributed by atoms with Crippen LogP contribution in [-0.4, -0.2) is 73.3 Å². The van der Waals surface area contributed by atoms with E-state index in [2.05, 4.69) is 0 Å². The Morgan fingerprint density at radius 1 is 0.559 bits per heavy atom. The van der Waals surface area contributed by atoms with Crippen LogP contribution in [-0.2, 0) is 19.2 Å². The molecule has 2 rings (SSSR count). The topological polar surface area (TPSA) is 127 Å². The summed E-state index contributed by atoms with van der Waals surface area (Å²) in [5.41, 5.74) is 0.271. The SMILES string of the molecule is CN(C)C(=O)C(=O)c1ccc(OC(=O)/C=C/C(=O)Oc2ccc(C(=O)C(=O)N(C)C)cc2)cc1. The summed E-state index contributed by atoms with van der Waals surface area (Å²) in [5.74, 6) is -4.32. The number of ketones is 2. The Kier molecular flexibility index (Phi) is 8.54. The highest BCUT2D eigenvalue weighted by Crippen LogP contribution is 2.15. The molecule has 0 bridgehead atoms. The maximum atomic E-state index is 12.0. The van der Waals surface area contributed by atoms with Gasteiger partial charge in [0.15, 0.2) is 0 Å². The van der Waals surface area contributed by atoms with Crippen molar-refractivity contribution < 1.29 is 38.2 Å². The van der Waals surface area contributed by atoms with Crippen molar-refractivity contribution in [3.8, 4) is 11.5 Å². The third-order valence-corrected chi connectivity index (χ3v) is 4.23. The number of hydrogen-bond donors (Lipinski definition) is 0. The highest BCUT2D eigenvalue weighted by molar-refractivity contribution is 6.43. The molecule has 0 aliphatic rings. The highest BCUT2D eigenvalue weighted by Gasteiger charge is 2.19. The van der Waals surface area contributed by atoms with Crippen molar-refractivity contribution in [2.24, 2.45) is 0 Å². The Balaban J connectivity index is 1.91. The highest BCUT2D eigenvalue weighted by atomic mass is 16.5. The summed E-state index contributed by atoms with van der Waals surface area (Å²) >= 11 is 0. The van der Waals surface area contributed by atoms with E-state index in [1.165, 1.54) is 76.7 Å². The molecular formula is C24H22N2O8. The Morgan fingerprint density at radius 2 is 0.853 bits per heavy atom. The van der Waals surface area contributed by atoms with Gasteiger partial charge in [-0.3, -0.25) is 19.2 Å². The number of esters is 2. The minimum absolute atomic E-state index is 0.101. The van der Waals surface area contributed by atoms with Gasteiger partial charge in [0, 0.05) is 51.5 Å². The molecule has 10 heteroatoms. The Labute approximate surface area is 195 Å². The molecule has 34 heavy (non-hydrogen) atoms. The summed E-state index contributed by atoms with van der Waals surface area (Å²) in [6.45, 7) is 0. The average Bonchev–Trinajstić information content (AvgIpc) is 2.81. The lowest BCUT2D eigenvalue weighted by Crippen LogP contribution is -2.29. The molecule has 2 aromatic rings. The lowest BCUT2D eigenvalue weighted by atomic mass is 10.1. The van der Waals surface area contributed by atoms with E-state index in [-0.39, 0.29) is 22.6 Å². The number of Topliss-reactive ketones (excluding diaryl/α,β-unsaturated/α-hetero) is 2. The van der Waals surface area contributed by atoms with Gasteiger partial charge in [0.2, 0.25) is 11.6 Å². The predicted octanol–water partition coefficient (Wildman–Crippen LogP) is 1.30. The van der Waals surface area contributed by atoms with Gasteiger partial charge >= 0.3 is 11.9 Å². The van der Waals surface area contributed by atoms with Crippen LogP contribution in [0, 0.1) is 0 Å². The van der Waals surface area contributed by atoms with Gasteiger partial charge in [-0.15, -0.1) is 0 Å². The Morgan fingerprint density at radius 3 is 1.12 bits per heavy atom. The second-order valence-corrected chi connectivity index (χ2v) is 7.28. The zero-order chi connectivity index (χ0) is 25.4. The molecule has 10 nitrogen and oxygen atoms in total. The van der Waals surface area contributed by atoms with Crippen LogP contribution in [0.15, 0.2) is 60.7 Å². The van der Waals surface area contributed by atoms with Crippen LogP contribution < -0.4 is 9.47 Å². The number of amides is 2. The van der Waals surface area contributed by atoms with E-state index in [9.17, 15) is 28.8 Å². The van der Waals surface area contributed by atoms with Crippen molar-refractivity contribution in [3.63, 3.8) is 0 Å². The number of likely N-dealkylation sites (N-methyl/N-ethyl adjacent to an activating group) is 2. The van der Waals surface area contributed by atoms with Crippen molar-refractivity contribution in [2.75, 3.05) is 28.2 Å². The summed E-state index contributed by atoms with van der Waals surface area (Å²) in [6.07, 6.45) is 1.70. The first-order chi connectivity index (χ1) is 16.0. The van der Waals surface area contributed by atoms with Crippen LogP contribution in [0.5, 0.6) is 11.5 Å². The fourth-order valence-corrected chi connectivity index (χ4v) is 2.44. The summed E-state index contributed by atoms with van der Waals surface area (Å²) in [7, 11) is 5.83. The normalized spacial score (nSPS) is 10.4. The maximum Gasteiger partial charge on any atom is 0.336 e. The smallest absolute Gasteiger partial charge is 0.336 e. The zero-order valence-electron chi connectivity index (χ0n) is 18.9. The molecular weight excluding hydrogens is 444 g/mol. The molecule has 0 atom stereocenters. The predicted molar refractivity (Wildman–Crippen MR) is 119 cm³/mol. The average molecular weight is 466 g/mol. The zero-order valence-corrected chi connectivity index (χ0v) is 18.9. The lowest BCUT2D eigenvalue weighted by molar-refractivity contribution is -0.131. The minimum Gasteiger partial charge on any atom is -0.423 e. The van der Waals surface area contributed by atoms with Crippen molar-refractivity contribution in [1.29, 1.82) is 0 Å². The van der Waals surface area contributed by atoms with Crippen LogP contribution in [0.2, 0.25) is 0 Å². The van der Waals surface area contributed by atoms with Crippen molar-refractivity contribution in [1.82, 2.24) is 9.80 Å². The molecule has 0 spiro atoms. The van der Waals surface area contributed by atoms with E-state index in [1.54, 1.807) is 0 Å². The number of benzene rings is 2. The van der Waals surface area contributed by atoms with Crippen molar-refractivity contribution in [3.05, 3.63) is 71.8 Å². The van der Waals surface area contributed by atoms with Gasteiger partial charge in [-0.2, -0.15) is 0 Å². The van der Waals surface area contributed by atoms with E-state index in [4.69, 9.17) is 9.47 Å². The maximum absolute atomic E-state index is 12.0. The van der Waals surface area contributed by atoms with E-state index >= 15 is 0 Å². The molecule has 0 N–H and O–H groups in total. The first-order valence-corrected chi connectivity index (χ1v) is 9.83. The van der Waals surface area contributed by atoms with Crippen molar-refractivity contribution >= 4 is 35.3 Å². The van der Waals surface area contributed by atoms with Gasteiger partial charge in [0.1, 0.15) is 11.5 Å². The summed E-state index contributed by atoms with van der Waals surface area (Å²) in [5, 5.41) is 0. The fraction of sp³-hybridized carbons (Fsp3) is 0.167. The molecule has 0 aliphatic heterocycles. The van der Waals surface area contributed by atoms with Crippen LogP contribution in [0.25, 0.3) is 0 Å². The quantitative estimate of drug-likeness (QED) is 0.187.